The molecule has 0 saturated carbocycles. The number of hydrogen-bond acceptors (Lipinski definition) is 22. The number of carboxylic acids is 2. The average molecular weight is 1630 g/mol. The molecule has 0 saturated heterocycles. The lowest BCUT2D eigenvalue weighted by atomic mass is 9.96. The molecule has 15 atom stereocenters. The molecule has 0 aromatic heterocycles. The lowest BCUT2D eigenvalue weighted by Gasteiger charge is -2.30. The summed E-state index contributed by atoms with van der Waals surface area (Å²) in [5.74, 6) is -18.7. The van der Waals surface area contributed by atoms with Crippen LogP contribution in [0, 0.1) is 29.1 Å². The zero-order valence-corrected chi connectivity index (χ0v) is 67.5. The second-order valence-corrected chi connectivity index (χ2v) is 29.9. The van der Waals surface area contributed by atoms with Gasteiger partial charge in [-0.3, -0.25) is 82.1 Å². The molecule has 40 heteroatoms. The first-order chi connectivity index (χ1) is 53.4. The largest absolute Gasteiger partial charge is 0.508 e. The summed E-state index contributed by atoms with van der Waals surface area (Å²) < 4.78 is 0. The summed E-state index contributed by atoms with van der Waals surface area (Å²) in [7, 11) is 0. The molecule has 2 rings (SSSR count). The molecule has 27 N–H and O–H groups in total. The second-order valence-electron chi connectivity index (χ2n) is 29.0. The van der Waals surface area contributed by atoms with Crippen molar-refractivity contribution < 1.29 is 97.1 Å². The van der Waals surface area contributed by atoms with E-state index in [1.807, 2.05) is 0 Å². The fourth-order valence-corrected chi connectivity index (χ4v) is 11.6. The molecule has 0 aliphatic heterocycles. The molecule has 0 aliphatic carbocycles. The van der Waals surface area contributed by atoms with Gasteiger partial charge in [-0.1, -0.05) is 86.1 Å². The quantitative estimate of drug-likeness (QED) is 0.0174. The van der Waals surface area contributed by atoms with Gasteiger partial charge in [0, 0.05) is 25.8 Å². The Morgan fingerprint density at radius 1 is 0.421 bits per heavy atom. The van der Waals surface area contributed by atoms with Crippen molar-refractivity contribution in [3.8, 4) is 11.5 Å². The third kappa shape index (κ3) is 35.8. The predicted octanol–water partition coefficient (Wildman–Crippen LogP) is -3.44. The minimum atomic E-state index is -1.83. The average Bonchev–Trinajstić information content (AvgIpc) is 0.870. The van der Waals surface area contributed by atoms with E-state index in [0.717, 1.165) is 0 Å². The highest BCUT2D eigenvalue weighted by atomic mass is 32.2. The lowest BCUT2D eigenvalue weighted by Crippen LogP contribution is -2.62. The van der Waals surface area contributed by atoms with Crippen LogP contribution in [0.15, 0.2) is 48.5 Å². The number of thioether (sulfide) groups is 1. The summed E-state index contributed by atoms with van der Waals surface area (Å²) in [6.07, 6.45) is 0.618. The highest BCUT2D eigenvalue weighted by Gasteiger charge is 2.40. The van der Waals surface area contributed by atoms with Crippen LogP contribution in [-0.2, 0) is 89.6 Å². The molecule has 0 unspecified atom stereocenters. The fourth-order valence-electron chi connectivity index (χ4n) is 11.1. The molecule has 0 heterocycles. The van der Waals surface area contributed by atoms with E-state index >= 15 is 0 Å². The molecule has 0 spiro atoms. The first kappa shape index (κ1) is 99.2. The van der Waals surface area contributed by atoms with Crippen molar-refractivity contribution in [1.29, 1.82) is 5.41 Å². The van der Waals surface area contributed by atoms with E-state index in [9.17, 15) is 97.1 Å². The molecule has 636 valence electrons. The van der Waals surface area contributed by atoms with Gasteiger partial charge in [0.05, 0.1) is 12.5 Å². The van der Waals surface area contributed by atoms with E-state index in [4.69, 9.17) is 28.3 Å². The van der Waals surface area contributed by atoms with Crippen molar-refractivity contribution in [2.24, 2.45) is 46.6 Å². The van der Waals surface area contributed by atoms with Gasteiger partial charge in [-0.15, -0.1) is 0 Å². The van der Waals surface area contributed by atoms with Crippen LogP contribution in [0.4, 0.5) is 0 Å². The molecular weight excluding hydrogens is 1510 g/mol. The van der Waals surface area contributed by atoms with Crippen LogP contribution in [0.2, 0.25) is 0 Å². The van der Waals surface area contributed by atoms with Crippen LogP contribution in [0.1, 0.15) is 151 Å². The van der Waals surface area contributed by atoms with Crippen LogP contribution in [0.3, 0.4) is 0 Å². The Morgan fingerprint density at radius 2 is 0.772 bits per heavy atom. The maximum Gasteiger partial charge on any atom is 0.325 e. The number of carbonyl (C=O) groups excluding carboxylic acids is 14. The summed E-state index contributed by atoms with van der Waals surface area (Å²) in [5.41, 5.74) is 23.5. The monoisotopic (exact) mass is 1630 g/mol. The normalized spacial score (nSPS) is 15.1. The number of hydrogen-bond donors (Lipinski definition) is 23. The number of rotatable bonds is 52. The molecular formula is C74H119N19O20S. The number of benzene rings is 2. The minimum absolute atomic E-state index is 0.0207. The van der Waals surface area contributed by atoms with E-state index in [2.05, 4.69) is 74.4 Å². The molecule has 114 heavy (non-hydrogen) atoms. The highest BCUT2D eigenvalue weighted by molar-refractivity contribution is 7.98. The Balaban J connectivity index is 2.50. The Kier molecular flexibility index (Phi) is 43.7. The number of nitrogens with two attached hydrogens (primary N) is 4. The Labute approximate surface area is 667 Å². The Hall–Kier alpha value is -10.9. The molecule has 39 nitrogen and oxygen atoms in total. The number of phenolic OH excluding ortho intramolecular Hbond substituents is 2. The fraction of sp³-hybridized carbons (Fsp3) is 0.608. The molecule has 14 amide bonds. The number of unbranched alkanes of at least 4 members (excludes halogenated alkanes) is 1. The number of aromatic hydroxyl groups is 2. The summed E-state index contributed by atoms with van der Waals surface area (Å²) in [6.45, 7) is 16.6. The van der Waals surface area contributed by atoms with Crippen LogP contribution < -0.4 is 97.4 Å². The Bertz CT molecular complexity index is 3610. The predicted molar refractivity (Wildman–Crippen MR) is 421 cm³/mol. The smallest absolute Gasteiger partial charge is 0.325 e. The number of primary amides is 1. The van der Waals surface area contributed by atoms with E-state index in [0.29, 0.717) is 17.5 Å². The van der Waals surface area contributed by atoms with Gasteiger partial charge in [0.15, 0.2) is 5.96 Å². The van der Waals surface area contributed by atoms with Crippen molar-refractivity contribution in [2.45, 2.75) is 238 Å². The number of aliphatic carboxylic acids is 2. The lowest BCUT2D eigenvalue weighted by molar-refractivity contribution is -0.143. The summed E-state index contributed by atoms with van der Waals surface area (Å²) in [5, 5.41) is 82.6. The summed E-state index contributed by atoms with van der Waals surface area (Å²) in [4.78, 5) is 218. The second kappa shape index (κ2) is 50.3. The number of carbonyl (C=O) groups is 16. The zero-order chi connectivity index (χ0) is 86.4. The van der Waals surface area contributed by atoms with Crippen LogP contribution in [0.5, 0.6) is 11.5 Å². The van der Waals surface area contributed by atoms with E-state index in [1.54, 1.807) is 47.8 Å². The van der Waals surface area contributed by atoms with Crippen molar-refractivity contribution in [1.82, 2.24) is 74.4 Å². The molecule has 2 aromatic rings. The van der Waals surface area contributed by atoms with Crippen molar-refractivity contribution in [2.75, 3.05) is 25.1 Å². The van der Waals surface area contributed by atoms with Crippen LogP contribution in [0.25, 0.3) is 0 Å². The standard InChI is InChI=1S/C74H119N19O20S/c1-13-39(8)59(72(111)89-53(35-55(97)98)68(107)90-56(36(2)3)69(108)83-42(11)73(112)113)93-65(104)50(29-32-114-12)85-63(102)48(17-14-15-30-75)84-64(103)49(18-16-31-80-74(78)79)86-70(109)57(37(4)5)92-71(110)58(38(6)7)91-67(106)52(34-44-21-25-46(95)26-22-44)87-61(100)41(10)81-60(99)40(9)82-66(105)51(33-43-19-23-45(94)24-20-43)88-62(101)47(76)27-28-54(77)96/h19-26,36-42,47-53,56-59,94-95H,13-18,27-35,75-76H2,1-12H3,(H2,77,96)(H,81,99)(H,82,105)(H,83,108)(H,84,103)(H,85,102)(H,86,109)(H,87,100)(H,88,101)(H,89,111)(H,90,107)(H,91,106)(H,92,110)(H,93,104)(H,97,98)(H,112,113)(H4,78,79,80)/t39-,40-,41-,42-,47-,48-,49-,50-,51-,52-,53-,56-,57-,58-,59-/m0/s1. The van der Waals surface area contributed by atoms with E-state index in [-0.39, 0.29) is 94.5 Å². The first-order valence-electron chi connectivity index (χ1n) is 37.7. The molecule has 2 aromatic carbocycles. The van der Waals surface area contributed by atoms with Gasteiger partial charge >= 0.3 is 11.9 Å². The number of carboxylic acid groups (broad SMARTS) is 2. The molecule has 0 fully saturated rings. The Morgan fingerprint density at radius 3 is 1.21 bits per heavy atom. The maximum absolute atomic E-state index is 14.7. The van der Waals surface area contributed by atoms with Crippen LogP contribution >= 0.6 is 11.8 Å². The minimum Gasteiger partial charge on any atom is -0.508 e. The van der Waals surface area contributed by atoms with Crippen LogP contribution in [-0.4, -0.2) is 231 Å². The SMILES string of the molecule is CC[C@H](C)[C@H](NC(=O)[C@H](CCSC)NC(=O)[C@H](CCCCN)NC(=O)[C@H](CCCNC(=N)N)NC(=O)[C@@H](NC(=O)[C@@H](NC(=O)[C@H](Cc1ccc(O)cc1)NC(=O)[C@H](C)NC(=O)[C@H](C)NC(=O)[C@H](Cc1ccc(O)cc1)NC(=O)[C@@H](N)CCC(N)=O)C(C)C)C(C)C)C(=O)N[C@@H](CC(=O)O)C(=O)N[C@H](C(=O)N[C@@H](C)C(=O)O)C(C)C. The third-order valence-electron chi connectivity index (χ3n) is 18.3. The van der Waals surface area contributed by atoms with Gasteiger partial charge in [0.1, 0.15) is 90.0 Å². The maximum atomic E-state index is 14.7. The van der Waals surface area contributed by atoms with E-state index < -0.39 is 215 Å². The highest BCUT2D eigenvalue weighted by Crippen LogP contribution is 2.18. The topological polar surface area (TPSA) is 650 Å². The van der Waals surface area contributed by atoms with Gasteiger partial charge in [0.2, 0.25) is 82.7 Å². The van der Waals surface area contributed by atoms with Crippen molar-refractivity contribution in [3.05, 3.63) is 59.7 Å². The number of guanidine groups is 1. The van der Waals surface area contributed by atoms with Crippen molar-refractivity contribution >= 4 is 112 Å². The zero-order valence-electron chi connectivity index (χ0n) is 66.7. The third-order valence-corrected chi connectivity index (χ3v) is 18.9. The van der Waals surface area contributed by atoms with Crippen molar-refractivity contribution in [3.63, 3.8) is 0 Å². The first-order valence-corrected chi connectivity index (χ1v) is 39.1. The van der Waals surface area contributed by atoms with Gasteiger partial charge in [0.25, 0.3) is 0 Å². The summed E-state index contributed by atoms with van der Waals surface area (Å²) in [6, 6.07) is -8.83. The van der Waals surface area contributed by atoms with Gasteiger partial charge in [-0.2, -0.15) is 11.8 Å². The molecule has 0 aliphatic rings. The number of phenols is 2. The van der Waals surface area contributed by atoms with Gasteiger partial charge in [-0.05, 0) is 143 Å². The molecule has 0 radical (unpaired) electrons. The van der Waals surface area contributed by atoms with Gasteiger partial charge < -0.3 is 118 Å². The number of nitrogens with one attached hydrogen (secondary N) is 15. The molecule has 0 bridgehead atoms. The van der Waals surface area contributed by atoms with E-state index in [1.165, 1.54) is 94.9 Å². The van der Waals surface area contributed by atoms with Gasteiger partial charge in [-0.25, -0.2) is 0 Å². The number of amides is 14. The summed E-state index contributed by atoms with van der Waals surface area (Å²) >= 11 is 1.30.